The van der Waals surface area contributed by atoms with Crippen LogP contribution in [0.1, 0.15) is 383 Å². The van der Waals surface area contributed by atoms with Crippen LogP contribution in [0.3, 0.4) is 0 Å². The molecule has 0 saturated carbocycles. The lowest BCUT2D eigenvalue weighted by Crippen LogP contribution is -2.30. The smallest absolute Gasteiger partial charge is 0.462 e. The molecule has 564 valence electrons. The van der Waals surface area contributed by atoms with Crippen molar-refractivity contribution in [2.24, 2.45) is 23.7 Å². The van der Waals surface area contributed by atoms with Crippen LogP contribution in [0.2, 0.25) is 0 Å². The van der Waals surface area contributed by atoms with Crippen LogP contribution in [0, 0.1) is 23.7 Å². The summed E-state index contributed by atoms with van der Waals surface area (Å²) in [6, 6.07) is 0. The van der Waals surface area contributed by atoms with Gasteiger partial charge >= 0.3 is 39.5 Å². The Balaban J connectivity index is 5.25. The maximum absolute atomic E-state index is 13.1. The van der Waals surface area contributed by atoms with Crippen LogP contribution >= 0.6 is 15.6 Å². The van der Waals surface area contributed by atoms with Gasteiger partial charge in [0.15, 0.2) is 12.2 Å². The molecule has 0 aromatic heterocycles. The van der Waals surface area contributed by atoms with Gasteiger partial charge in [-0.1, -0.05) is 331 Å². The highest BCUT2D eigenvalue weighted by atomic mass is 31.2. The molecule has 0 amide bonds. The molecule has 0 aliphatic heterocycles. The van der Waals surface area contributed by atoms with Gasteiger partial charge in [-0.3, -0.25) is 37.3 Å². The highest BCUT2D eigenvalue weighted by molar-refractivity contribution is 7.47. The molecule has 95 heavy (non-hydrogen) atoms. The molecule has 3 unspecified atom stereocenters. The Bertz CT molecular complexity index is 1870. The molecule has 0 heterocycles. The minimum Gasteiger partial charge on any atom is -0.462 e. The molecule has 0 aliphatic rings. The van der Waals surface area contributed by atoms with Crippen molar-refractivity contribution in [3.63, 3.8) is 0 Å². The van der Waals surface area contributed by atoms with Gasteiger partial charge in [0, 0.05) is 25.7 Å². The summed E-state index contributed by atoms with van der Waals surface area (Å²) in [7, 11) is -9.91. The van der Waals surface area contributed by atoms with Crippen LogP contribution in [-0.2, 0) is 65.4 Å². The normalized spacial score (nSPS) is 14.1. The summed E-state index contributed by atoms with van der Waals surface area (Å²) < 4.78 is 68.5. The van der Waals surface area contributed by atoms with E-state index in [0.29, 0.717) is 31.6 Å². The predicted molar refractivity (Wildman–Crippen MR) is 386 cm³/mol. The molecule has 0 radical (unpaired) electrons. The van der Waals surface area contributed by atoms with E-state index < -0.39 is 97.5 Å². The predicted octanol–water partition coefficient (Wildman–Crippen LogP) is 22.0. The van der Waals surface area contributed by atoms with Crippen LogP contribution in [0.5, 0.6) is 0 Å². The van der Waals surface area contributed by atoms with E-state index in [2.05, 4.69) is 55.4 Å². The number of carbonyl (C=O) groups is 4. The number of rotatable bonds is 73. The average molecular weight is 1400 g/mol. The van der Waals surface area contributed by atoms with Gasteiger partial charge in [-0.25, -0.2) is 9.13 Å². The first kappa shape index (κ1) is 93.1. The Hall–Kier alpha value is -1.94. The molecule has 0 aliphatic carbocycles. The molecule has 19 heteroatoms. The molecule has 0 rings (SSSR count). The molecule has 17 nitrogen and oxygen atoms in total. The van der Waals surface area contributed by atoms with Crippen molar-refractivity contribution in [1.82, 2.24) is 0 Å². The van der Waals surface area contributed by atoms with Crippen LogP contribution < -0.4 is 0 Å². The Morgan fingerprint density at radius 2 is 0.442 bits per heavy atom. The van der Waals surface area contributed by atoms with Gasteiger partial charge in [0.2, 0.25) is 0 Å². The number of phosphoric acid groups is 2. The second-order valence-electron chi connectivity index (χ2n) is 29.3. The SMILES string of the molecule is CC(C)CCCCCCCCCCCCCCCCC(=O)OC[C@H](COP(=O)(O)OCC(O)COP(=O)(O)OC[C@@H](COC(=O)CCCCCCCCCC(C)C)OC(=O)CCCCCCCCCCCC(C)C)OC(=O)CCCCCCCCCCCCCCCC(C)C. The van der Waals surface area contributed by atoms with Gasteiger partial charge < -0.3 is 33.8 Å². The number of aliphatic hydroxyl groups is 1. The minimum absolute atomic E-state index is 0.104. The van der Waals surface area contributed by atoms with Crippen molar-refractivity contribution in [3.8, 4) is 0 Å². The van der Waals surface area contributed by atoms with E-state index in [-0.39, 0.29) is 25.7 Å². The first-order chi connectivity index (χ1) is 45.6. The van der Waals surface area contributed by atoms with Crippen molar-refractivity contribution in [2.75, 3.05) is 39.6 Å². The van der Waals surface area contributed by atoms with E-state index in [1.807, 2.05) is 0 Å². The topological polar surface area (TPSA) is 237 Å². The summed E-state index contributed by atoms with van der Waals surface area (Å²) in [4.78, 5) is 72.8. The lowest BCUT2D eigenvalue weighted by Gasteiger charge is -2.21. The van der Waals surface area contributed by atoms with Crippen LogP contribution in [-0.4, -0.2) is 96.7 Å². The van der Waals surface area contributed by atoms with Gasteiger partial charge in [-0.05, 0) is 49.4 Å². The summed E-state index contributed by atoms with van der Waals surface area (Å²) in [5.41, 5.74) is 0. The van der Waals surface area contributed by atoms with Crippen LogP contribution in [0.4, 0.5) is 0 Å². The van der Waals surface area contributed by atoms with Crippen molar-refractivity contribution < 1.29 is 80.2 Å². The van der Waals surface area contributed by atoms with Crippen molar-refractivity contribution in [1.29, 1.82) is 0 Å². The zero-order valence-electron chi connectivity index (χ0n) is 62.3. The fourth-order valence-electron chi connectivity index (χ4n) is 11.6. The van der Waals surface area contributed by atoms with E-state index in [9.17, 15) is 43.2 Å². The summed E-state index contributed by atoms with van der Waals surface area (Å²) in [6.45, 7) is 14.2. The number of hydrogen-bond acceptors (Lipinski definition) is 15. The molecule has 0 bridgehead atoms. The number of phosphoric ester groups is 2. The monoisotopic (exact) mass is 1400 g/mol. The number of unbranched alkanes of at least 4 members (excludes halogenated alkanes) is 39. The van der Waals surface area contributed by atoms with Gasteiger partial charge in [-0.2, -0.15) is 0 Å². The lowest BCUT2D eigenvalue weighted by atomic mass is 10.0. The maximum Gasteiger partial charge on any atom is 0.472 e. The second-order valence-corrected chi connectivity index (χ2v) is 32.2. The Labute approximate surface area is 581 Å². The van der Waals surface area contributed by atoms with E-state index in [1.165, 1.54) is 180 Å². The van der Waals surface area contributed by atoms with E-state index in [1.54, 1.807) is 0 Å². The number of carbonyl (C=O) groups excluding carboxylic acids is 4. The van der Waals surface area contributed by atoms with Gasteiger partial charge in [0.1, 0.15) is 19.3 Å². The van der Waals surface area contributed by atoms with E-state index in [0.717, 1.165) is 114 Å². The van der Waals surface area contributed by atoms with Gasteiger partial charge in [0.05, 0.1) is 26.4 Å². The summed E-state index contributed by atoms with van der Waals surface area (Å²) >= 11 is 0. The molecule has 0 aromatic rings. The third-order valence-electron chi connectivity index (χ3n) is 17.6. The fourth-order valence-corrected chi connectivity index (χ4v) is 13.1. The minimum atomic E-state index is -4.96. The molecule has 5 atom stereocenters. The molecule has 3 N–H and O–H groups in total. The third kappa shape index (κ3) is 70.3. The first-order valence-electron chi connectivity index (χ1n) is 39.2. The highest BCUT2D eigenvalue weighted by Crippen LogP contribution is 2.45. The van der Waals surface area contributed by atoms with Crippen molar-refractivity contribution >= 4 is 39.5 Å². The van der Waals surface area contributed by atoms with Crippen molar-refractivity contribution in [2.45, 2.75) is 401 Å². The Morgan fingerprint density at radius 3 is 0.653 bits per heavy atom. The molecule has 0 aromatic carbocycles. The molecular formula is C76H148O17P2. The lowest BCUT2D eigenvalue weighted by molar-refractivity contribution is -0.161. The van der Waals surface area contributed by atoms with Gasteiger partial charge in [0.25, 0.3) is 0 Å². The zero-order chi connectivity index (χ0) is 70.3. The van der Waals surface area contributed by atoms with Crippen LogP contribution in [0.25, 0.3) is 0 Å². The largest absolute Gasteiger partial charge is 0.472 e. The Kier molecular flexibility index (Phi) is 64.0. The molecule has 0 fully saturated rings. The second kappa shape index (κ2) is 65.4. The van der Waals surface area contributed by atoms with Crippen LogP contribution in [0.15, 0.2) is 0 Å². The fraction of sp³-hybridized carbons (Fsp3) is 0.947. The number of esters is 4. The number of ether oxygens (including phenoxy) is 4. The Morgan fingerprint density at radius 1 is 0.263 bits per heavy atom. The molecule has 0 spiro atoms. The molecular weight excluding hydrogens is 1250 g/mol. The standard InChI is InChI=1S/C76H148O17P2/c1-66(2)52-44-36-28-21-16-12-9-10-14-18-24-32-40-48-56-73(78)86-62-71(92-75(80)58-50-42-33-25-19-15-11-13-17-22-29-37-45-53-67(3)4)64-90-94(82,83)88-60-70(77)61-89-95(84,85)91-65-72(63-87-74(79)57-49-41-35-27-31-39-47-55-69(7)8)93-76(81)59-51-43-34-26-20-23-30-38-46-54-68(5)6/h66-72,77H,9-65H2,1-8H3,(H,82,83)(H,84,85)/t70?,71-,72-/m1/s1. The van der Waals surface area contributed by atoms with E-state index in [4.69, 9.17) is 37.0 Å². The highest BCUT2D eigenvalue weighted by Gasteiger charge is 2.30. The van der Waals surface area contributed by atoms with Crippen molar-refractivity contribution in [3.05, 3.63) is 0 Å². The molecule has 0 saturated heterocycles. The zero-order valence-corrected chi connectivity index (χ0v) is 64.1. The summed E-state index contributed by atoms with van der Waals surface area (Å²) in [6.07, 6.45) is 50.0. The summed E-state index contributed by atoms with van der Waals surface area (Å²) in [5.74, 6) is 0.906. The first-order valence-corrected chi connectivity index (χ1v) is 42.2. The van der Waals surface area contributed by atoms with Gasteiger partial charge in [-0.15, -0.1) is 0 Å². The van der Waals surface area contributed by atoms with E-state index >= 15 is 0 Å². The number of aliphatic hydroxyl groups excluding tert-OH is 1. The quantitative estimate of drug-likeness (QED) is 0.0222. The third-order valence-corrected chi connectivity index (χ3v) is 19.5. The maximum atomic E-state index is 13.1. The average Bonchev–Trinajstić information content (AvgIpc) is 2.67. The number of hydrogen-bond donors (Lipinski definition) is 3. The summed E-state index contributed by atoms with van der Waals surface area (Å²) in [5, 5.41) is 10.6.